The summed E-state index contributed by atoms with van der Waals surface area (Å²) in [6, 6.07) is 0.179. The zero-order valence-electron chi connectivity index (χ0n) is 15.7. The summed E-state index contributed by atoms with van der Waals surface area (Å²) in [6.07, 6.45) is -0.461. The zero-order valence-corrected chi connectivity index (χ0v) is 17.3. The number of hydrogen-bond acceptors (Lipinski definition) is 10. The van der Waals surface area contributed by atoms with Crippen molar-refractivity contribution in [3.8, 4) is 11.8 Å². The zero-order chi connectivity index (χ0) is 21.8. The number of anilines is 1. The maximum absolute atomic E-state index is 12.7. The van der Waals surface area contributed by atoms with E-state index >= 15 is 0 Å². The van der Waals surface area contributed by atoms with Crippen LogP contribution in [0.15, 0.2) is 11.1 Å². The second-order valence-corrected chi connectivity index (χ2v) is 7.24. The Balaban J connectivity index is 2.28. The topological polar surface area (TPSA) is 164 Å². The number of methoxy groups -OCH3 is 3. The summed E-state index contributed by atoms with van der Waals surface area (Å²) >= 11 is 5.91. The van der Waals surface area contributed by atoms with Crippen molar-refractivity contribution in [2.75, 3.05) is 26.6 Å². The fraction of sp³-hybridized carbons (Fsp3) is 0.357. The molecule has 0 saturated heterocycles. The highest BCUT2D eigenvalue weighted by molar-refractivity contribution is 7.90. The van der Waals surface area contributed by atoms with E-state index in [1.165, 1.54) is 27.3 Å². The minimum Gasteiger partial charge on any atom is -0.481 e. The van der Waals surface area contributed by atoms with Crippen molar-refractivity contribution >= 4 is 39.6 Å². The van der Waals surface area contributed by atoms with Crippen LogP contribution >= 0.6 is 11.6 Å². The molecule has 0 radical (unpaired) electrons. The second-order valence-electron chi connectivity index (χ2n) is 5.29. The summed E-state index contributed by atoms with van der Waals surface area (Å²) in [6.45, 7) is 0. The quantitative estimate of drug-likeness (QED) is 0.555. The Morgan fingerprint density at radius 2 is 1.76 bits per heavy atom. The number of aryl methyl sites for hydroxylation is 1. The molecule has 2 aromatic heterocycles. The highest BCUT2D eigenvalue weighted by Crippen LogP contribution is 2.24. The van der Waals surface area contributed by atoms with Crippen LogP contribution in [0.3, 0.4) is 0 Å². The van der Waals surface area contributed by atoms with Gasteiger partial charge in [-0.05, 0) is 0 Å². The van der Waals surface area contributed by atoms with E-state index in [0.29, 0.717) is 0 Å². The van der Waals surface area contributed by atoms with Gasteiger partial charge < -0.3 is 14.2 Å². The normalized spacial score (nSPS) is 10.9. The fourth-order valence-corrected chi connectivity index (χ4v) is 3.79. The first-order chi connectivity index (χ1) is 13.6. The highest BCUT2D eigenvalue weighted by Gasteiger charge is 2.30. The number of carbonyl (C=O) groups is 2. The molecule has 13 nitrogen and oxygen atoms in total. The molecule has 0 unspecified atom stereocenters. The molecule has 0 aliphatic rings. The number of rotatable bonds is 7. The largest absolute Gasteiger partial charge is 0.481 e. The molecule has 2 amide bonds. The Bertz CT molecular complexity index is 1020. The summed E-state index contributed by atoms with van der Waals surface area (Å²) in [7, 11) is 0.620. The van der Waals surface area contributed by atoms with E-state index in [1.54, 1.807) is 4.72 Å². The molecule has 2 heterocycles. The van der Waals surface area contributed by atoms with Gasteiger partial charge in [-0.1, -0.05) is 11.6 Å². The van der Waals surface area contributed by atoms with Gasteiger partial charge in [0, 0.05) is 12.6 Å². The van der Waals surface area contributed by atoms with E-state index in [9.17, 15) is 18.0 Å². The van der Waals surface area contributed by atoms with Crippen molar-refractivity contribution in [2.24, 2.45) is 7.05 Å². The molecule has 0 fully saturated rings. The number of nitrogens with one attached hydrogen (secondary N) is 2. The molecule has 29 heavy (non-hydrogen) atoms. The summed E-state index contributed by atoms with van der Waals surface area (Å²) in [4.78, 5) is 31.4. The van der Waals surface area contributed by atoms with Crippen LogP contribution in [-0.2, 0) is 33.0 Å². The smallest absolute Gasteiger partial charge is 0.335 e. The number of urea groups is 1. The van der Waals surface area contributed by atoms with Crippen molar-refractivity contribution < 1.29 is 32.2 Å². The molecule has 2 aromatic rings. The first-order valence-corrected chi connectivity index (χ1v) is 9.56. The molecule has 0 aliphatic carbocycles. The summed E-state index contributed by atoms with van der Waals surface area (Å²) in [5, 5.41) is 5.21. The molecule has 2 N–H and O–H groups in total. The van der Waals surface area contributed by atoms with Gasteiger partial charge in [-0.25, -0.2) is 9.52 Å². The molecule has 15 heteroatoms. The lowest BCUT2D eigenvalue weighted by Crippen LogP contribution is -2.36. The minimum absolute atomic E-state index is 0.0776. The van der Waals surface area contributed by atoms with Crippen LogP contribution in [0.5, 0.6) is 11.8 Å². The standard InChI is InChI=1S/C14H17ClN6O7S/c1-21-12(7(11(15)19-21)5-10(22)28-4)29(24,25)20-14(23)18-13-16-8(26-2)6-9(17-13)27-3/h6H,5H2,1-4H3,(H2,16,17,18,20,23). The molecular formula is C14H17ClN6O7S. The van der Waals surface area contributed by atoms with Crippen molar-refractivity contribution in [2.45, 2.75) is 11.4 Å². The summed E-state index contributed by atoms with van der Waals surface area (Å²) in [5.74, 6) is -0.855. The molecule has 0 spiro atoms. The lowest BCUT2D eigenvalue weighted by Gasteiger charge is -2.10. The van der Waals surface area contributed by atoms with Gasteiger partial charge in [0.05, 0.1) is 33.8 Å². The summed E-state index contributed by atoms with van der Waals surface area (Å²) in [5.41, 5.74) is -0.124. The average molecular weight is 449 g/mol. The van der Waals surface area contributed by atoms with Crippen LogP contribution in [0.1, 0.15) is 5.56 Å². The van der Waals surface area contributed by atoms with E-state index in [2.05, 4.69) is 25.1 Å². The van der Waals surface area contributed by atoms with Gasteiger partial charge in [-0.15, -0.1) is 0 Å². The van der Waals surface area contributed by atoms with Crippen LogP contribution in [0.2, 0.25) is 5.15 Å². The number of hydrogen-bond donors (Lipinski definition) is 2. The number of aromatic nitrogens is 4. The van der Waals surface area contributed by atoms with Crippen LogP contribution in [0, 0.1) is 0 Å². The molecule has 158 valence electrons. The monoisotopic (exact) mass is 448 g/mol. The van der Waals surface area contributed by atoms with E-state index < -0.39 is 33.5 Å². The van der Waals surface area contributed by atoms with Gasteiger partial charge in [-0.3, -0.25) is 14.8 Å². The van der Waals surface area contributed by atoms with E-state index in [4.69, 9.17) is 21.1 Å². The Hall–Kier alpha value is -3.13. The third kappa shape index (κ3) is 5.23. The number of halogens is 1. The number of ether oxygens (including phenoxy) is 3. The number of carbonyl (C=O) groups excluding carboxylic acids is 2. The second kappa shape index (κ2) is 8.91. The van der Waals surface area contributed by atoms with Crippen LogP contribution < -0.4 is 19.5 Å². The van der Waals surface area contributed by atoms with E-state index in [1.807, 2.05) is 0 Å². The Labute approximate surface area is 170 Å². The Morgan fingerprint density at radius 3 is 2.28 bits per heavy atom. The number of sulfonamides is 1. The lowest BCUT2D eigenvalue weighted by atomic mass is 10.2. The first-order valence-electron chi connectivity index (χ1n) is 7.70. The predicted molar refractivity (Wildman–Crippen MR) is 98.4 cm³/mol. The molecular weight excluding hydrogens is 432 g/mol. The van der Waals surface area contributed by atoms with Crippen molar-refractivity contribution in [1.82, 2.24) is 24.5 Å². The molecule has 0 bridgehead atoms. The Morgan fingerprint density at radius 1 is 1.17 bits per heavy atom. The fourth-order valence-electron chi connectivity index (χ4n) is 2.19. The van der Waals surface area contributed by atoms with Crippen LogP contribution in [0.4, 0.5) is 10.7 Å². The number of nitrogens with zero attached hydrogens (tertiary/aromatic N) is 4. The third-order valence-corrected chi connectivity index (χ3v) is 5.17. The predicted octanol–water partition coefficient (Wildman–Crippen LogP) is 0.107. The molecule has 0 aromatic carbocycles. The van der Waals surface area contributed by atoms with Gasteiger partial charge in [0.2, 0.25) is 17.7 Å². The van der Waals surface area contributed by atoms with Crippen LogP contribution in [-0.4, -0.2) is 61.5 Å². The van der Waals surface area contributed by atoms with Gasteiger partial charge >= 0.3 is 12.0 Å². The molecule has 0 aliphatic heterocycles. The minimum atomic E-state index is -4.48. The van der Waals surface area contributed by atoms with Crippen molar-refractivity contribution in [3.63, 3.8) is 0 Å². The van der Waals surface area contributed by atoms with E-state index in [0.717, 1.165) is 11.8 Å². The average Bonchev–Trinajstić information content (AvgIpc) is 2.94. The maximum atomic E-state index is 12.7. The van der Waals surface area contributed by atoms with Gasteiger partial charge in [0.1, 0.15) is 0 Å². The number of esters is 1. The summed E-state index contributed by atoms with van der Waals surface area (Å²) < 4.78 is 42.4. The van der Waals surface area contributed by atoms with Gasteiger partial charge in [0.25, 0.3) is 10.0 Å². The maximum Gasteiger partial charge on any atom is 0.335 e. The van der Waals surface area contributed by atoms with Gasteiger partial charge in [0.15, 0.2) is 10.2 Å². The SMILES string of the molecule is COC(=O)Cc1c(Cl)nn(C)c1S(=O)(=O)NC(=O)Nc1nc(OC)cc(OC)n1. The lowest BCUT2D eigenvalue weighted by molar-refractivity contribution is -0.139. The van der Waals surface area contributed by atoms with Crippen molar-refractivity contribution in [1.29, 1.82) is 0 Å². The number of amides is 2. The Kier molecular flexibility index (Phi) is 6.81. The molecule has 0 saturated carbocycles. The van der Waals surface area contributed by atoms with Crippen LogP contribution in [0.25, 0.3) is 0 Å². The van der Waals surface area contributed by atoms with Crippen molar-refractivity contribution in [3.05, 3.63) is 16.8 Å². The van der Waals surface area contributed by atoms with Gasteiger partial charge in [-0.2, -0.15) is 23.5 Å². The molecule has 2 rings (SSSR count). The highest BCUT2D eigenvalue weighted by atomic mass is 35.5. The molecule has 0 atom stereocenters. The van der Waals surface area contributed by atoms with E-state index in [-0.39, 0.29) is 28.4 Å². The third-order valence-electron chi connectivity index (χ3n) is 3.39. The first kappa shape index (κ1) is 22.2.